The normalized spacial score (nSPS) is 16.5. The van der Waals surface area contributed by atoms with E-state index in [0.717, 1.165) is 32.0 Å². The summed E-state index contributed by atoms with van der Waals surface area (Å²) in [6.45, 7) is 7.82. The van der Waals surface area contributed by atoms with Crippen molar-refractivity contribution in [2.24, 2.45) is 5.92 Å². The van der Waals surface area contributed by atoms with Crippen molar-refractivity contribution >= 4 is 22.9 Å². The van der Waals surface area contributed by atoms with Crippen LogP contribution in [-0.2, 0) is 4.79 Å². The molecular formula is C18H26N8O. The first kappa shape index (κ1) is 19.0. The fraction of sp³-hybridized carbons (Fsp3) is 0.611. The molecule has 1 fully saturated rings. The molecule has 2 aromatic heterocycles. The van der Waals surface area contributed by atoms with E-state index in [4.69, 9.17) is 5.26 Å². The first-order chi connectivity index (χ1) is 13.0. The van der Waals surface area contributed by atoms with Crippen molar-refractivity contribution in [3.63, 3.8) is 0 Å². The lowest BCUT2D eigenvalue weighted by Crippen LogP contribution is -2.44. The third-order valence-electron chi connectivity index (χ3n) is 4.82. The van der Waals surface area contributed by atoms with Gasteiger partial charge in [0, 0.05) is 26.2 Å². The number of amides is 1. The molecule has 0 bridgehead atoms. The topological polar surface area (TPSA) is 103 Å². The van der Waals surface area contributed by atoms with Crippen molar-refractivity contribution in [1.29, 1.82) is 5.26 Å². The summed E-state index contributed by atoms with van der Waals surface area (Å²) in [6, 6.07) is 1.49. The summed E-state index contributed by atoms with van der Waals surface area (Å²) in [6.07, 6.45) is 3.84. The molecule has 1 atom stereocenters. The van der Waals surface area contributed by atoms with Gasteiger partial charge in [-0.1, -0.05) is 13.8 Å². The Hall–Kier alpha value is -2.73. The number of fused-ring (bicyclic) bond motifs is 1. The van der Waals surface area contributed by atoms with Gasteiger partial charge in [-0.15, -0.1) is 0 Å². The Morgan fingerprint density at radius 2 is 2.00 bits per heavy atom. The summed E-state index contributed by atoms with van der Waals surface area (Å²) >= 11 is 0. The first-order valence-corrected chi connectivity index (χ1v) is 9.27. The smallest absolute Gasteiger partial charge is 0.244 e. The number of hydrogen-bond acceptors (Lipinski definition) is 7. The largest absolute Gasteiger partial charge is 0.352 e. The number of carbonyl (C=O) groups is 1. The van der Waals surface area contributed by atoms with Crippen LogP contribution < -0.4 is 10.2 Å². The van der Waals surface area contributed by atoms with Gasteiger partial charge >= 0.3 is 0 Å². The summed E-state index contributed by atoms with van der Waals surface area (Å²) in [7, 11) is 2.11. The zero-order chi connectivity index (χ0) is 19.4. The van der Waals surface area contributed by atoms with E-state index < -0.39 is 6.04 Å². The lowest BCUT2D eigenvalue weighted by atomic mass is 10.0. The molecule has 3 heterocycles. The van der Waals surface area contributed by atoms with Crippen LogP contribution in [0.15, 0.2) is 12.7 Å². The minimum Gasteiger partial charge on any atom is -0.352 e. The Morgan fingerprint density at radius 3 is 2.67 bits per heavy atom. The second kappa shape index (κ2) is 8.31. The molecule has 0 radical (unpaired) electrons. The first-order valence-electron chi connectivity index (χ1n) is 9.27. The van der Waals surface area contributed by atoms with Crippen molar-refractivity contribution < 1.29 is 4.79 Å². The minimum absolute atomic E-state index is 0.0123. The molecule has 2 aromatic rings. The van der Waals surface area contributed by atoms with Gasteiger partial charge in [0.25, 0.3) is 0 Å². The van der Waals surface area contributed by atoms with Gasteiger partial charge in [-0.2, -0.15) is 5.26 Å². The average molecular weight is 370 g/mol. The number of piperazine rings is 1. The van der Waals surface area contributed by atoms with Crippen LogP contribution in [0.4, 0.5) is 5.82 Å². The van der Waals surface area contributed by atoms with E-state index in [1.807, 2.05) is 10.6 Å². The lowest BCUT2D eigenvalue weighted by Gasteiger charge is -2.33. The maximum absolute atomic E-state index is 12.6. The van der Waals surface area contributed by atoms with Crippen LogP contribution >= 0.6 is 0 Å². The van der Waals surface area contributed by atoms with E-state index in [1.165, 1.54) is 6.33 Å². The fourth-order valence-corrected chi connectivity index (χ4v) is 3.36. The summed E-state index contributed by atoms with van der Waals surface area (Å²) in [4.78, 5) is 30.5. The van der Waals surface area contributed by atoms with Crippen LogP contribution in [0, 0.1) is 17.2 Å². The Kier molecular flexibility index (Phi) is 5.86. The molecule has 1 aliphatic rings. The van der Waals surface area contributed by atoms with Gasteiger partial charge in [0.05, 0.1) is 12.4 Å². The molecule has 1 aliphatic heterocycles. The molecule has 0 aliphatic carbocycles. The number of nitrogens with one attached hydrogen (secondary N) is 1. The Morgan fingerprint density at radius 1 is 1.26 bits per heavy atom. The van der Waals surface area contributed by atoms with E-state index >= 15 is 0 Å². The zero-order valence-electron chi connectivity index (χ0n) is 16.1. The van der Waals surface area contributed by atoms with Crippen LogP contribution in [0.25, 0.3) is 11.2 Å². The minimum atomic E-state index is -0.460. The number of likely N-dealkylation sites (N-methyl/N-ethyl adjacent to an activating group) is 1. The number of nitrogens with zero attached hydrogens (tertiary/aromatic N) is 7. The standard InChI is InChI=1S/C18H26N8O/c1-13(2)10-14(18(27)20-5-4-19)26-12-23-15-16(21-11-22-17(15)26)25-8-6-24(3)7-9-25/h11-14H,5-10H2,1-3H3,(H,20,27). The second-order valence-electron chi connectivity index (χ2n) is 7.33. The molecule has 3 rings (SSSR count). The summed E-state index contributed by atoms with van der Waals surface area (Å²) in [5, 5.41) is 11.4. The average Bonchev–Trinajstić information content (AvgIpc) is 3.08. The summed E-state index contributed by atoms with van der Waals surface area (Å²) < 4.78 is 1.81. The molecule has 1 N–H and O–H groups in total. The highest BCUT2D eigenvalue weighted by Gasteiger charge is 2.26. The van der Waals surface area contributed by atoms with Crippen molar-refractivity contribution in [2.45, 2.75) is 26.3 Å². The predicted octanol–water partition coefficient (Wildman–Crippen LogP) is 0.805. The van der Waals surface area contributed by atoms with Crippen LogP contribution in [0.2, 0.25) is 0 Å². The molecule has 9 heteroatoms. The summed E-state index contributed by atoms with van der Waals surface area (Å²) in [5.41, 5.74) is 1.36. The third kappa shape index (κ3) is 4.17. The number of hydrogen-bond donors (Lipinski definition) is 1. The maximum Gasteiger partial charge on any atom is 0.244 e. The highest BCUT2D eigenvalue weighted by atomic mass is 16.2. The maximum atomic E-state index is 12.6. The number of nitriles is 1. The van der Waals surface area contributed by atoms with Gasteiger partial charge in [0.1, 0.15) is 18.9 Å². The molecule has 144 valence electrons. The quantitative estimate of drug-likeness (QED) is 0.750. The van der Waals surface area contributed by atoms with Gasteiger partial charge in [-0.25, -0.2) is 15.0 Å². The SMILES string of the molecule is CC(C)CC(C(=O)NCC#N)n1cnc2c(N3CCN(C)CC3)ncnc21. The van der Waals surface area contributed by atoms with E-state index in [2.05, 4.69) is 51.0 Å². The Labute approximate surface area is 159 Å². The van der Waals surface area contributed by atoms with Gasteiger partial charge in [-0.05, 0) is 19.4 Å². The highest BCUT2D eigenvalue weighted by molar-refractivity contribution is 5.87. The molecule has 0 spiro atoms. The Balaban J connectivity index is 1.95. The number of aromatic nitrogens is 4. The van der Waals surface area contributed by atoms with Gasteiger partial charge in [0.2, 0.25) is 5.91 Å². The predicted molar refractivity (Wildman–Crippen MR) is 102 cm³/mol. The van der Waals surface area contributed by atoms with Gasteiger partial charge < -0.3 is 19.7 Å². The van der Waals surface area contributed by atoms with Gasteiger partial charge in [0.15, 0.2) is 17.0 Å². The molecule has 27 heavy (non-hydrogen) atoms. The molecular weight excluding hydrogens is 344 g/mol. The molecule has 1 amide bonds. The Bertz CT molecular complexity index is 831. The fourth-order valence-electron chi connectivity index (χ4n) is 3.36. The van der Waals surface area contributed by atoms with Gasteiger partial charge in [-0.3, -0.25) is 4.79 Å². The molecule has 9 nitrogen and oxygen atoms in total. The molecule has 1 unspecified atom stereocenters. The van der Waals surface area contributed by atoms with Crippen LogP contribution in [0.3, 0.4) is 0 Å². The van der Waals surface area contributed by atoms with Crippen LogP contribution in [-0.4, -0.2) is 70.1 Å². The van der Waals surface area contributed by atoms with Crippen LogP contribution in [0.5, 0.6) is 0 Å². The van der Waals surface area contributed by atoms with Crippen molar-refractivity contribution in [3.05, 3.63) is 12.7 Å². The van der Waals surface area contributed by atoms with E-state index in [0.29, 0.717) is 23.5 Å². The molecule has 1 saturated heterocycles. The van der Waals surface area contributed by atoms with E-state index in [9.17, 15) is 4.79 Å². The van der Waals surface area contributed by atoms with Crippen LogP contribution in [0.1, 0.15) is 26.3 Å². The van der Waals surface area contributed by atoms with Crippen molar-refractivity contribution in [3.8, 4) is 6.07 Å². The van der Waals surface area contributed by atoms with E-state index in [-0.39, 0.29) is 12.5 Å². The number of anilines is 1. The molecule has 0 aromatic carbocycles. The van der Waals surface area contributed by atoms with Crippen molar-refractivity contribution in [1.82, 2.24) is 29.7 Å². The summed E-state index contributed by atoms with van der Waals surface area (Å²) in [5.74, 6) is 0.927. The molecule has 0 saturated carbocycles. The number of imidazole rings is 1. The van der Waals surface area contributed by atoms with Crippen molar-refractivity contribution in [2.75, 3.05) is 44.7 Å². The third-order valence-corrected chi connectivity index (χ3v) is 4.82. The van der Waals surface area contributed by atoms with E-state index in [1.54, 1.807) is 6.33 Å². The number of carbonyl (C=O) groups excluding carboxylic acids is 1. The zero-order valence-corrected chi connectivity index (χ0v) is 16.1. The monoisotopic (exact) mass is 370 g/mol. The second-order valence-corrected chi connectivity index (χ2v) is 7.33. The lowest BCUT2D eigenvalue weighted by molar-refractivity contribution is -0.124. The highest BCUT2D eigenvalue weighted by Crippen LogP contribution is 2.27. The number of rotatable bonds is 6.